The third kappa shape index (κ3) is 4.03. The highest BCUT2D eigenvalue weighted by Gasteiger charge is 2.25. The molecule has 0 aliphatic carbocycles. The fraction of sp³-hybridized carbons (Fsp3) is 0.200. The zero-order valence-corrected chi connectivity index (χ0v) is 14.9. The summed E-state index contributed by atoms with van der Waals surface area (Å²) in [6, 6.07) is 13.1. The van der Waals surface area contributed by atoms with Crippen molar-refractivity contribution in [2.24, 2.45) is 0 Å². The maximum Gasteiger partial charge on any atom is 0.271 e. The molecule has 3 rings (SSSR count). The summed E-state index contributed by atoms with van der Waals surface area (Å²) in [5, 5.41) is 17.3. The molecule has 0 spiro atoms. The monoisotopic (exact) mass is 371 g/mol. The number of aryl methyl sites for hydroxylation is 1. The molecule has 0 saturated carbocycles. The van der Waals surface area contributed by atoms with Crippen molar-refractivity contribution in [3.05, 3.63) is 83.2 Å². The lowest BCUT2D eigenvalue weighted by Crippen LogP contribution is -2.38. The number of aromatic nitrogens is 2. The molecule has 3 aromatic rings. The van der Waals surface area contributed by atoms with Crippen LogP contribution in [0.15, 0.2) is 54.6 Å². The molecule has 0 aliphatic rings. The first-order valence-corrected chi connectivity index (χ1v) is 8.36. The van der Waals surface area contributed by atoms with Crippen LogP contribution in [0.1, 0.15) is 28.7 Å². The molecule has 1 amide bonds. The molecule has 27 heavy (non-hydrogen) atoms. The lowest BCUT2D eigenvalue weighted by atomic mass is 9.96. The number of para-hydroxylation sites is 1. The Kier molecular flexibility index (Phi) is 5.05. The van der Waals surface area contributed by atoms with Gasteiger partial charge in [-0.1, -0.05) is 24.3 Å². The van der Waals surface area contributed by atoms with Gasteiger partial charge in [-0.05, 0) is 49.7 Å². The third-order valence-corrected chi connectivity index (χ3v) is 4.26. The number of hydrogen-bond donors (Lipinski definition) is 2. The fourth-order valence-electron chi connectivity index (χ4n) is 2.71. The van der Waals surface area contributed by atoms with Crippen molar-refractivity contribution in [2.45, 2.75) is 19.4 Å². The second kappa shape index (κ2) is 7.28. The standard InChI is InChI=1S/C20H19F2N3O2/c1-13-11-17(24-25(13)18-6-4-3-5-16(18)22)19(26)23-12-20(2,27)14-7-9-15(21)10-8-14/h3-11,27H,12H2,1-2H3,(H,23,26). The van der Waals surface area contributed by atoms with E-state index < -0.39 is 23.1 Å². The molecule has 0 fully saturated rings. The predicted octanol–water partition coefficient (Wildman–Crippen LogP) is 3.10. The maximum atomic E-state index is 14.0. The summed E-state index contributed by atoms with van der Waals surface area (Å²) in [7, 11) is 0. The average Bonchev–Trinajstić information content (AvgIpc) is 3.02. The highest BCUT2D eigenvalue weighted by molar-refractivity contribution is 5.92. The number of amides is 1. The van der Waals surface area contributed by atoms with Crippen molar-refractivity contribution in [1.29, 1.82) is 0 Å². The van der Waals surface area contributed by atoms with Crippen LogP contribution in [0.4, 0.5) is 8.78 Å². The molecule has 0 bridgehead atoms. The molecule has 0 radical (unpaired) electrons. The van der Waals surface area contributed by atoms with Crippen molar-refractivity contribution in [2.75, 3.05) is 6.54 Å². The molecule has 2 N–H and O–H groups in total. The average molecular weight is 371 g/mol. The van der Waals surface area contributed by atoms with Gasteiger partial charge in [-0.25, -0.2) is 13.5 Å². The Balaban J connectivity index is 1.74. The summed E-state index contributed by atoms with van der Waals surface area (Å²) < 4.78 is 28.3. The van der Waals surface area contributed by atoms with Gasteiger partial charge in [0.05, 0.1) is 6.54 Å². The molecule has 1 aromatic heterocycles. The smallest absolute Gasteiger partial charge is 0.271 e. The van der Waals surface area contributed by atoms with Crippen LogP contribution in [0.3, 0.4) is 0 Å². The zero-order valence-electron chi connectivity index (χ0n) is 14.9. The second-order valence-electron chi connectivity index (χ2n) is 6.50. The van der Waals surface area contributed by atoms with E-state index in [2.05, 4.69) is 10.4 Å². The van der Waals surface area contributed by atoms with Crippen molar-refractivity contribution in [3.8, 4) is 5.69 Å². The van der Waals surface area contributed by atoms with Gasteiger partial charge in [-0.3, -0.25) is 4.79 Å². The minimum atomic E-state index is -1.38. The molecule has 0 aliphatic heterocycles. The van der Waals surface area contributed by atoms with Gasteiger partial charge in [-0.15, -0.1) is 0 Å². The number of benzene rings is 2. The Labute approximate surface area is 155 Å². The lowest BCUT2D eigenvalue weighted by molar-refractivity contribution is 0.0524. The van der Waals surface area contributed by atoms with Crippen LogP contribution in [0, 0.1) is 18.6 Å². The highest BCUT2D eigenvalue weighted by Crippen LogP contribution is 2.20. The quantitative estimate of drug-likeness (QED) is 0.724. The molecular formula is C20H19F2N3O2. The number of nitrogens with zero attached hydrogens (tertiary/aromatic N) is 2. The van der Waals surface area contributed by atoms with Crippen LogP contribution in [-0.4, -0.2) is 27.3 Å². The van der Waals surface area contributed by atoms with Crippen LogP contribution < -0.4 is 5.32 Å². The molecule has 140 valence electrons. The maximum absolute atomic E-state index is 14.0. The van der Waals surface area contributed by atoms with Gasteiger partial charge in [-0.2, -0.15) is 5.10 Å². The van der Waals surface area contributed by atoms with E-state index in [9.17, 15) is 18.7 Å². The Morgan fingerprint density at radius 2 is 1.85 bits per heavy atom. The van der Waals surface area contributed by atoms with E-state index in [4.69, 9.17) is 0 Å². The van der Waals surface area contributed by atoms with E-state index in [1.807, 2.05) is 0 Å². The summed E-state index contributed by atoms with van der Waals surface area (Å²) >= 11 is 0. The molecule has 1 atom stereocenters. The number of halogens is 2. The van der Waals surface area contributed by atoms with Gasteiger partial charge in [0.15, 0.2) is 5.69 Å². The van der Waals surface area contributed by atoms with Crippen LogP contribution in [-0.2, 0) is 5.60 Å². The van der Waals surface area contributed by atoms with E-state index in [0.29, 0.717) is 11.3 Å². The zero-order chi connectivity index (χ0) is 19.6. The van der Waals surface area contributed by atoms with Crippen molar-refractivity contribution in [3.63, 3.8) is 0 Å². The first kappa shape index (κ1) is 18.7. The molecule has 7 heteroatoms. The van der Waals surface area contributed by atoms with E-state index in [1.165, 1.54) is 48.0 Å². The van der Waals surface area contributed by atoms with Gasteiger partial charge in [0.1, 0.15) is 22.9 Å². The van der Waals surface area contributed by atoms with E-state index >= 15 is 0 Å². The van der Waals surface area contributed by atoms with E-state index in [0.717, 1.165) is 0 Å². The minimum Gasteiger partial charge on any atom is -0.384 e. The van der Waals surface area contributed by atoms with Gasteiger partial charge < -0.3 is 10.4 Å². The van der Waals surface area contributed by atoms with Crippen LogP contribution in [0.25, 0.3) is 5.69 Å². The molecule has 0 saturated heterocycles. The van der Waals surface area contributed by atoms with E-state index in [-0.39, 0.29) is 17.9 Å². The lowest BCUT2D eigenvalue weighted by Gasteiger charge is -2.24. The molecule has 1 unspecified atom stereocenters. The van der Waals surface area contributed by atoms with Gasteiger partial charge in [0.25, 0.3) is 5.91 Å². The number of hydrogen-bond acceptors (Lipinski definition) is 3. The van der Waals surface area contributed by atoms with Crippen LogP contribution in [0.2, 0.25) is 0 Å². The Morgan fingerprint density at radius 1 is 1.19 bits per heavy atom. The summed E-state index contributed by atoms with van der Waals surface area (Å²) in [6.07, 6.45) is 0. The number of rotatable bonds is 5. The second-order valence-corrected chi connectivity index (χ2v) is 6.50. The summed E-state index contributed by atoms with van der Waals surface area (Å²) in [5.41, 5.74) is 0.0257. The number of nitrogens with one attached hydrogen (secondary N) is 1. The van der Waals surface area contributed by atoms with Gasteiger partial charge >= 0.3 is 0 Å². The number of carbonyl (C=O) groups is 1. The topological polar surface area (TPSA) is 67.2 Å². The minimum absolute atomic E-state index is 0.0942. The van der Waals surface area contributed by atoms with Crippen molar-refractivity contribution >= 4 is 5.91 Å². The van der Waals surface area contributed by atoms with Gasteiger partial charge in [0.2, 0.25) is 0 Å². The third-order valence-electron chi connectivity index (χ3n) is 4.26. The first-order valence-electron chi connectivity index (χ1n) is 8.36. The highest BCUT2D eigenvalue weighted by atomic mass is 19.1. The Bertz CT molecular complexity index is 966. The number of aliphatic hydroxyl groups is 1. The molecule has 5 nitrogen and oxygen atoms in total. The largest absolute Gasteiger partial charge is 0.384 e. The molecular weight excluding hydrogens is 352 g/mol. The Hall–Kier alpha value is -3.06. The Morgan fingerprint density at radius 3 is 2.52 bits per heavy atom. The van der Waals surface area contributed by atoms with Crippen LogP contribution in [0.5, 0.6) is 0 Å². The predicted molar refractivity (Wildman–Crippen MR) is 96.6 cm³/mol. The van der Waals surface area contributed by atoms with Gasteiger partial charge in [0, 0.05) is 5.69 Å². The van der Waals surface area contributed by atoms with Crippen molar-refractivity contribution < 1.29 is 18.7 Å². The summed E-state index contributed by atoms with van der Waals surface area (Å²) in [4.78, 5) is 12.4. The fourth-order valence-corrected chi connectivity index (χ4v) is 2.71. The first-order chi connectivity index (χ1) is 12.8. The SMILES string of the molecule is Cc1cc(C(=O)NCC(C)(O)c2ccc(F)cc2)nn1-c1ccccc1F. The van der Waals surface area contributed by atoms with Crippen molar-refractivity contribution in [1.82, 2.24) is 15.1 Å². The van der Waals surface area contributed by atoms with Crippen LogP contribution >= 0.6 is 0 Å². The summed E-state index contributed by atoms with van der Waals surface area (Å²) in [6.45, 7) is 3.14. The number of carbonyl (C=O) groups excluding carboxylic acids is 1. The molecule has 1 heterocycles. The van der Waals surface area contributed by atoms with E-state index in [1.54, 1.807) is 25.1 Å². The molecule has 2 aromatic carbocycles. The normalized spacial score (nSPS) is 13.2. The summed E-state index contributed by atoms with van der Waals surface area (Å²) in [5.74, 6) is -1.36.